The van der Waals surface area contributed by atoms with E-state index >= 15 is 0 Å². The Hall–Kier alpha value is -1.33. The highest BCUT2D eigenvalue weighted by Gasteiger charge is 2.09. The molecule has 0 saturated heterocycles. The third kappa shape index (κ3) is 2.19. The molecule has 2 aromatic heterocycles. The number of aromatic nitrogens is 3. The molecule has 0 aromatic carbocycles. The lowest BCUT2D eigenvalue weighted by molar-refractivity contribution is 0.807. The molecule has 2 rings (SSSR count). The molecule has 78 valence electrons. The SMILES string of the molecule is Cc1cc(-c2nsc([C@@H](C)N)n2)ccn1. The first-order valence-corrected chi connectivity index (χ1v) is 5.46. The predicted octanol–water partition coefficient (Wildman–Crippen LogP) is 1.93. The van der Waals surface area contributed by atoms with Crippen molar-refractivity contribution in [3.8, 4) is 11.4 Å². The Bertz CT molecular complexity index is 464. The summed E-state index contributed by atoms with van der Waals surface area (Å²) in [5.41, 5.74) is 7.68. The summed E-state index contributed by atoms with van der Waals surface area (Å²) in [4.78, 5) is 8.51. The van der Waals surface area contributed by atoms with Gasteiger partial charge in [0.15, 0.2) is 5.82 Å². The van der Waals surface area contributed by atoms with Gasteiger partial charge in [0.2, 0.25) is 0 Å². The van der Waals surface area contributed by atoms with Gasteiger partial charge in [-0.3, -0.25) is 4.98 Å². The Morgan fingerprint density at radius 1 is 1.47 bits per heavy atom. The molecule has 0 aliphatic carbocycles. The zero-order valence-corrected chi connectivity index (χ0v) is 9.45. The van der Waals surface area contributed by atoms with Gasteiger partial charge < -0.3 is 5.73 Å². The van der Waals surface area contributed by atoms with Crippen molar-refractivity contribution < 1.29 is 0 Å². The number of hydrogen-bond donors (Lipinski definition) is 1. The molecule has 0 radical (unpaired) electrons. The van der Waals surface area contributed by atoms with Gasteiger partial charge in [-0.2, -0.15) is 4.37 Å². The number of pyridine rings is 1. The van der Waals surface area contributed by atoms with E-state index in [-0.39, 0.29) is 6.04 Å². The summed E-state index contributed by atoms with van der Waals surface area (Å²) in [6, 6.07) is 3.81. The van der Waals surface area contributed by atoms with E-state index in [0.29, 0.717) is 0 Å². The van der Waals surface area contributed by atoms with Crippen LogP contribution in [0.25, 0.3) is 11.4 Å². The quantitative estimate of drug-likeness (QED) is 0.839. The highest BCUT2D eigenvalue weighted by Crippen LogP contribution is 2.20. The monoisotopic (exact) mass is 220 g/mol. The fraction of sp³-hybridized carbons (Fsp3) is 0.300. The molecular formula is C10H12N4S. The second kappa shape index (κ2) is 4.04. The van der Waals surface area contributed by atoms with Crippen molar-refractivity contribution in [3.05, 3.63) is 29.0 Å². The average Bonchev–Trinajstić information content (AvgIpc) is 2.66. The summed E-state index contributed by atoms with van der Waals surface area (Å²) in [5.74, 6) is 0.734. The average molecular weight is 220 g/mol. The van der Waals surface area contributed by atoms with Gasteiger partial charge in [0.05, 0.1) is 6.04 Å². The van der Waals surface area contributed by atoms with Gasteiger partial charge in [-0.05, 0) is 37.5 Å². The molecule has 1 atom stereocenters. The maximum atomic E-state index is 5.73. The van der Waals surface area contributed by atoms with E-state index in [1.807, 2.05) is 26.0 Å². The fourth-order valence-electron chi connectivity index (χ4n) is 1.22. The molecular weight excluding hydrogens is 208 g/mol. The van der Waals surface area contributed by atoms with Crippen molar-refractivity contribution in [2.24, 2.45) is 5.73 Å². The fourth-order valence-corrected chi connectivity index (χ4v) is 1.84. The highest BCUT2D eigenvalue weighted by molar-refractivity contribution is 7.05. The molecule has 0 bridgehead atoms. The lowest BCUT2D eigenvalue weighted by Crippen LogP contribution is -2.03. The smallest absolute Gasteiger partial charge is 0.173 e. The molecule has 2 heterocycles. The minimum absolute atomic E-state index is 0.0563. The summed E-state index contributed by atoms with van der Waals surface area (Å²) >= 11 is 1.35. The van der Waals surface area contributed by atoms with Gasteiger partial charge in [0.25, 0.3) is 0 Å². The first kappa shape index (κ1) is 10.2. The summed E-state index contributed by atoms with van der Waals surface area (Å²) in [6.07, 6.45) is 1.76. The molecule has 2 aromatic rings. The van der Waals surface area contributed by atoms with Crippen LogP contribution in [0, 0.1) is 6.92 Å². The molecule has 0 saturated carbocycles. The van der Waals surface area contributed by atoms with Crippen LogP contribution in [-0.4, -0.2) is 14.3 Å². The summed E-state index contributed by atoms with van der Waals surface area (Å²) < 4.78 is 4.27. The van der Waals surface area contributed by atoms with Gasteiger partial charge in [0, 0.05) is 17.5 Å². The van der Waals surface area contributed by atoms with Crippen LogP contribution in [0.3, 0.4) is 0 Å². The van der Waals surface area contributed by atoms with Crippen molar-refractivity contribution in [2.45, 2.75) is 19.9 Å². The molecule has 4 nitrogen and oxygen atoms in total. The Balaban J connectivity index is 2.37. The second-order valence-corrected chi connectivity index (χ2v) is 4.21. The van der Waals surface area contributed by atoms with E-state index in [0.717, 1.165) is 22.1 Å². The summed E-state index contributed by atoms with van der Waals surface area (Å²) in [7, 11) is 0. The molecule has 15 heavy (non-hydrogen) atoms. The molecule has 0 unspecified atom stereocenters. The van der Waals surface area contributed by atoms with Crippen LogP contribution in [0.15, 0.2) is 18.3 Å². The van der Waals surface area contributed by atoms with Gasteiger partial charge in [-0.1, -0.05) is 0 Å². The van der Waals surface area contributed by atoms with Gasteiger partial charge in [-0.25, -0.2) is 4.98 Å². The Morgan fingerprint density at radius 3 is 2.87 bits per heavy atom. The third-order valence-electron chi connectivity index (χ3n) is 1.99. The standard InChI is InChI=1S/C10H12N4S/c1-6-5-8(3-4-12-6)9-13-10(7(2)11)15-14-9/h3-5,7H,11H2,1-2H3/t7-/m1/s1. The zero-order valence-electron chi connectivity index (χ0n) is 8.64. The lowest BCUT2D eigenvalue weighted by atomic mass is 10.2. The molecule has 0 aliphatic heterocycles. The van der Waals surface area contributed by atoms with E-state index in [1.165, 1.54) is 11.5 Å². The third-order valence-corrected chi connectivity index (χ3v) is 2.90. The highest BCUT2D eigenvalue weighted by atomic mass is 32.1. The van der Waals surface area contributed by atoms with Gasteiger partial charge >= 0.3 is 0 Å². The summed E-state index contributed by atoms with van der Waals surface area (Å²) in [5, 5.41) is 0.861. The Kier molecular flexibility index (Phi) is 2.75. The van der Waals surface area contributed by atoms with Gasteiger partial charge in [-0.15, -0.1) is 0 Å². The van der Waals surface area contributed by atoms with E-state index in [4.69, 9.17) is 5.73 Å². The molecule has 0 spiro atoms. The second-order valence-electron chi connectivity index (χ2n) is 3.43. The largest absolute Gasteiger partial charge is 0.322 e. The normalized spacial score (nSPS) is 12.7. The number of rotatable bonds is 2. The van der Waals surface area contributed by atoms with Crippen molar-refractivity contribution in [2.75, 3.05) is 0 Å². The van der Waals surface area contributed by atoms with Crippen LogP contribution in [0.4, 0.5) is 0 Å². The van der Waals surface area contributed by atoms with Crippen LogP contribution >= 0.6 is 11.5 Å². The topological polar surface area (TPSA) is 64.7 Å². The number of nitrogens with two attached hydrogens (primary N) is 1. The number of aryl methyl sites for hydroxylation is 1. The lowest BCUT2D eigenvalue weighted by Gasteiger charge is -1.97. The first-order valence-electron chi connectivity index (χ1n) is 4.69. The van der Waals surface area contributed by atoms with Gasteiger partial charge in [0.1, 0.15) is 5.01 Å². The summed E-state index contributed by atoms with van der Waals surface area (Å²) in [6.45, 7) is 3.85. The number of nitrogens with zero attached hydrogens (tertiary/aromatic N) is 3. The molecule has 0 aliphatic rings. The molecule has 0 amide bonds. The zero-order chi connectivity index (χ0) is 10.8. The van der Waals surface area contributed by atoms with E-state index in [2.05, 4.69) is 14.3 Å². The van der Waals surface area contributed by atoms with E-state index in [1.54, 1.807) is 6.20 Å². The number of hydrogen-bond acceptors (Lipinski definition) is 5. The predicted molar refractivity (Wildman–Crippen MR) is 60.5 cm³/mol. The molecule has 5 heteroatoms. The van der Waals surface area contributed by atoms with Crippen molar-refractivity contribution in [3.63, 3.8) is 0 Å². The van der Waals surface area contributed by atoms with Crippen LogP contribution in [0.2, 0.25) is 0 Å². The van der Waals surface area contributed by atoms with E-state index in [9.17, 15) is 0 Å². The first-order chi connectivity index (χ1) is 7.16. The van der Waals surface area contributed by atoms with Crippen LogP contribution in [0.5, 0.6) is 0 Å². The molecule has 0 fully saturated rings. The minimum atomic E-state index is -0.0563. The molecule has 2 N–H and O–H groups in total. The van der Waals surface area contributed by atoms with Crippen LogP contribution in [0.1, 0.15) is 23.7 Å². The van der Waals surface area contributed by atoms with Crippen molar-refractivity contribution in [1.82, 2.24) is 14.3 Å². The Morgan fingerprint density at radius 2 is 2.27 bits per heavy atom. The Labute approximate surface area is 92.4 Å². The van der Waals surface area contributed by atoms with Crippen molar-refractivity contribution in [1.29, 1.82) is 0 Å². The minimum Gasteiger partial charge on any atom is -0.322 e. The maximum Gasteiger partial charge on any atom is 0.173 e. The maximum absolute atomic E-state index is 5.73. The van der Waals surface area contributed by atoms with E-state index < -0.39 is 0 Å². The van der Waals surface area contributed by atoms with Crippen LogP contribution in [-0.2, 0) is 0 Å². The van der Waals surface area contributed by atoms with Crippen LogP contribution < -0.4 is 5.73 Å². The van der Waals surface area contributed by atoms with Crippen molar-refractivity contribution >= 4 is 11.5 Å².